The van der Waals surface area contributed by atoms with Crippen LogP contribution in [0.2, 0.25) is 0 Å². The van der Waals surface area contributed by atoms with E-state index in [1.54, 1.807) is 11.3 Å². The van der Waals surface area contributed by atoms with Crippen molar-refractivity contribution in [1.82, 2.24) is 9.88 Å². The van der Waals surface area contributed by atoms with Crippen molar-refractivity contribution >= 4 is 17.2 Å². The van der Waals surface area contributed by atoms with Gasteiger partial charge in [-0.1, -0.05) is 24.3 Å². The lowest BCUT2D eigenvalue weighted by Crippen LogP contribution is -2.34. The molecule has 1 amide bonds. The summed E-state index contributed by atoms with van der Waals surface area (Å²) in [5, 5.41) is 5.12. The molecule has 1 N–H and O–H groups in total. The normalized spacial score (nSPS) is 15.5. The highest BCUT2D eigenvalue weighted by Crippen LogP contribution is 2.27. The highest BCUT2D eigenvalue weighted by atomic mass is 32.1. The first kappa shape index (κ1) is 16.9. The van der Waals surface area contributed by atoms with Gasteiger partial charge in [-0.05, 0) is 43.0 Å². The third-order valence-corrected chi connectivity index (χ3v) is 5.78. The first-order valence-corrected chi connectivity index (χ1v) is 9.71. The van der Waals surface area contributed by atoms with Gasteiger partial charge in [-0.2, -0.15) is 0 Å². The van der Waals surface area contributed by atoms with Crippen molar-refractivity contribution in [3.63, 3.8) is 0 Å². The third kappa shape index (κ3) is 3.27. The molecule has 1 unspecified atom stereocenters. The number of carbonyl (C=O) groups is 1. The zero-order valence-electron chi connectivity index (χ0n) is 15.0. The van der Waals surface area contributed by atoms with Crippen molar-refractivity contribution < 1.29 is 9.53 Å². The Morgan fingerprint density at radius 3 is 2.88 bits per heavy atom. The molecule has 0 spiro atoms. The van der Waals surface area contributed by atoms with E-state index in [9.17, 15) is 4.79 Å². The molecule has 2 aromatic heterocycles. The number of hydrogen-bond donors (Lipinski definition) is 1. The number of hydrogen-bond acceptors (Lipinski definition) is 3. The molecule has 0 aliphatic carbocycles. The molecule has 1 atom stereocenters. The van der Waals surface area contributed by atoms with E-state index < -0.39 is 0 Å². The van der Waals surface area contributed by atoms with E-state index >= 15 is 0 Å². The number of aromatic nitrogens is 1. The Morgan fingerprint density at radius 2 is 2.12 bits per heavy atom. The van der Waals surface area contributed by atoms with E-state index in [1.165, 1.54) is 10.4 Å². The van der Waals surface area contributed by atoms with Crippen molar-refractivity contribution in [3.05, 3.63) is 75.2 Å². The van der Waals surface area contributed by atoms with E-state index in [0.717, 1.165) is 35.7 Å². The Kier molecular flexibility index (Phi) is 4.55. The van der Waals surface area contributed by atoms with Crippen molar-refractivity contribution in [2.75, 3.05) is 6.54 Å². The second-order valence-corrected chi connectivity index (χ2v) is 7.74. The third-order valence-electron chi connectivity index (χ3n) is 4.92. The lowest BCUT2D eigenvalue weighted by Gasteiger charge is -2.12. The second kappa shape index (κ2) is 7.00. The second-order valence-electron chi connectivity index (χ2n) is 6.71. The van der Waals surface area contributed by atoms with Crippen LogP contribution >= 0.6 is 11.3 Å². The molecular formula is C21H22N2O2S. The molecule has 4 nitrogen and oxygen atoms in total. The molecular weight excluding hydrogens is 344 g/mol. The number of para-hydroxylation sites is 1. The van der Waals surface area contributed by atoms with Crippen molar-refractivity contribution in [3.8, 4) is 5.75 Å². The fourth-order valence-corrected chi connectivity index (χ4v) is 4.19. The molecule has 5 heteroatoms. The van der Waals surface area contributed by atoms with Crippen molar-refractivity contribution in [1.29, 1.82) is 0 Å². The Morgan fingerprint density at radius 1 is 1.27 bits per heavy atom. The van der Waals surface area contributed by atoms with Gasteiger partial charge in [-0.3, -0.25) is 4.79 Å². The Hall–Kier alpha value is -2.53. The molecule has 3 heterocycles. The number of ether oxygens (including phenoxy) is 1. The molecule has 1 aliphatic heterocycles. The van der Waals surface area contributed by atoms with Crippen LogP contribution in [0.15, 0.2) is 47.8 Å². The number of thiophene rings is 1. The quantitative estimate of drug-likeness (QED) is 0.743. The largest absolute Gasteiger partial charge is 0.488 e. The number of fused-ring (bicyclic) bond motifs is 1. The monoisotopic (exact) mass is 366 g/mol. The van der Waals surface area contributed by atoms with Crippen molar-refractivity contribution in [2.24, 2.45) is 0 Å². The molecule has 0 saturated heterocycles. The zero-order valence-corrected chi connectivity index (χ0v) is 15.8. The molecule has 1 aromatic carbocycles. The average molecular weight is 366 g/mol. The van der Waals surface area contributed by atoms with Crippen LogP contribution in [-0.4, -0.2) is 23.1 Å². The van der Waals surface area contributed by atoms with Gasteiger partial charge in [0.1, 0.15) is 11.9 Å². The first-order chi connectivity index (χ1) is 12.6. The predicted octanol–water partition coefficient (Wildman–Crippen LogP) is 3.95. The summed E-state index contributed by atoms with van der Waals surface area (Å²) in [6.07, 6.45) is 0.847. The number of aryl methyl sites for hydroxylation is 1. The number of rotatable bonds is 5. The summed E-state index contributed by atoms with van der Waals surface area (Å²) in [6.45, 7) is 5.39. The van der Waals surface area contributed by atoms with E-state index in [0.29, 0.717) is 6.54 Å². The molecule has 0 radical (unpaired) electrons. The lowest BCUT2D eigenvalue weighted by atomic mass is 10.1. The van der Waals surface area contributed by atoms with E-state index in [1.807, 2.05) is 38.1 Å². The van der Waals surface area contributed by atoms with E-state index in [-0.39, 0.29) is 12.0 Å². The summed E-state index contributed by atoms with van der Waals surface area (Å²) in [5.41, 5.74) is 4.06. The van der Waals surface area contributed by atoms with Crippen LogP contribution in [0.25, 0.3) is 0 Å². The zero-order chi connectivity index (χ0) is 18.1. The smallest absolute Gasteiger partial charge is 0.253 e. The SMILES string of the molecule is Cc1cc(C(=O)NCC2Cc3ccccc3O2)c(C)n1Cc1cccs1. The van der Waals surface area contributed by atoms with Crippen LogP contribution < -0.4 is 10.1 Å². The van der Waals surface area contributed by atoms with Gasteiger partial charge in [-0.25, -0.2) is 0 Å². The van der Waals surface area contributed by atoms with Crippen LogP contribution in [0.1, 0.15) is 32.2 Å². The van der Waals surface area contributed by atoms with Crippen LogP contribution in [0.4, 0.5) is 0 Å². The minimum Gasteiger partial charge on any atom is -0.488 e. The van der Waals surface area contributed by atoms with Crippen LogP contribution in [0, 0.1) is 13.8 Å². The van der Waals surface area contributed by atoms with Gasteiger partial charge in [0.05, 0.1) is 18.7 Å². The summed E-state index contributed by atoms with van der Waals surface area (Å²) in [5.74, 6) is 0.899. The highest BCUT2D eigenvalue weighted by molar-refractivity contribution is 7.09. The Balaban J connectivity index is 1.41. The molecule has 1 aliphatic rings. The van der Waals surface area contributed by atoms with Gasteiger partial charge in [0, 0.05) is 22.7 Å². The highest BCUT2D eigenvalue weighted by Gasteiger charge is 2.23. The summed E-state index contributed by atoms with van der Waals surface area (Å²) in [7, 11) is 0. The van der Waals surface area contributed by atoms with Gasteiger partial charge in [0.15, 0.2) is 0 Å². The number of carbonyl (C=O) groups excluding carboxylic acids is 1. The topological polar surface area (TPSA) is 43.3 Å². The molecule has 26 heavy (non-hydrogen) atoms. The standard InChI is InChI=1S/C21H22N2O2S/c1-14-10-19(15(2)23(14)13-18-7-5-9-26-18)21(24)22-12-17-11-16-6-3-4-8-20(16)25-17/h3-10,17H,11-13H2,1-2H3,(H,22,24). The maximum atomic E-state index is 12.7. The number of benzene rings is 1. The lowest BCUT2D eigenvalue weighted by molar-refractivity contribution is 0.0933. The minimum atomic E-state index is -0.0323. The fourth-order valence-electron chi connectivity index (χ4n) is 3.50. The summed E-state index contributed by atoms with van der Waals surface area (Å²) >= 11 is 1.74. The summed E-state index contributed by atoms with van der Waals surface area (Å²) < 4.78 is 8.10. The molecule has 0 fully saturated rings. The average Bonchev–Trinajstić information content (AvgIpc) is 3.35. The summed E-state index contributed by atoms with van der Waals surface area (Å²) in [6, 6.07) is 14.2. The van der Waals surface area contributed by atoms with Gasteiger partial charge >= 0.3 is 0 Å². The number of nitrogens with zero attached hydrogens (tertiary/aromatic N) is 1. The minimum absolute atomic E-state index is 0.00552. The van der Waals surface area contributed by atoms with Crippen LogP contribution in [-0.2, 0) is 13.0 Å². The van der Waals surface area contributed by atoms with Crippen LogP contribution in [0.3, 0.4) is 0 Å². The Labute approximate surface area is 157 Å². The maximum Gasteiger partial charge on any atom is 0.253 e. The summed E-state index contributed by atoms with van der Waals surface area (Å²) in [4.78, 5) is 14.0. The molecule has 134 valence electrons. The molecule has 4 rings (SSSR count). The van der Waals surface area contributed by atoms with Gasteiger partial charge in [0.2, 0.25) is 0 Å². The number of amides is 1. The van der Waals surface area contributed by atoms with Crippen molar-refractivity contribution in [2.45, 2.75) is 32.9 Å². The predicted molar refractivity (Wildman–Crippen MR) is 104 cm³/mol. The first-order valence-electron chi connectivity index (χ1n) is 8.83. The van der Waals surface area contributed by atoms with Gasteiger partial charge in [0.25, 0.3) is 5.91 Å². The van der Waals surface area contributed by atoms with Gasteiger partial charge < -0.3 is 14.6 Å². The van der Waals surface area contributed by atoms with Gasteiger partial charge in [-0.15, -0.1) is 11.3 Å². The molecule has 3 aromatic rings. The molecule has 0 saturated carbocycles. The van der Waals surface area contributed by atoms with Crippen LogP contribution in [0.5, 0.6) is 5.75 Å². The Bertz CT molecular complexity index is 903. The maximum absolute atomic E-state index is 12.7. The fraction of sp³-hybridized carbons (Fsp3) is 0.286. The number of nitrogens with one attached hydrogen (secondary N) is 1. The van der Waals surface area contributed by atoms with E-state index in [2.05, 4.69) is 33.5 Å². The molecule has 0 bridgehead atoms. The van der Waals surface area contributed by atoms with E-state index in [4.69, 9.17) is 4.74 Å².